The molecule has 0 spiro atoms. The maximum Gasteiger partial charge on any atom is 0.228 e. The quantitative estimate of drug-likeness (QED) is 0.0242. The number of hydrogen-bond acceptors (Lipinski definition) is 27. The Morgan fingerprint density at radius 1 is 0.520 bits per heavy atom. The van der Waals surface area contributed by atoms with Gasteiger partial charge in [0.15, 0.2) is 69.5 Å². The van der Waals surface area contributed by atoms with Gasteiger partial charge in [0.05, 0.1) is 71.8 Å². The van der Waals surface area contributed by atoms with Gasteiger partial charge in [0.2, 0.25) is 11.9 Å². The highest BCUT2D eigenvalue weighted by Crippen LogP contribution is 2.40. The van der Waals surface area contributed by atoms with Crippen molar-refractivity contribution in [3.63, 3.8) is 0 Å². The van der Waals surface area contributed by atoms with E-state index in [1.807, 2.05) is 26.8 Å². The van der Waals surface area contributed by atoms with Crippen molar-refractivity contribution < 1.29 is 37.8 Å². The first-order chi connectivity index (χ1) is 49.1. The minimum absolute atomic E-state index is 0.0412. The summed E-state index contributed by atoms with van der Waals surface area (Å²) < 4.78 is 36.3. The Morgan fingerprint density at radius 3 is 1.25 bits per heavy atom. The number of Topliss-reactive ketones (excluding diaryl/α,β-unsaturated/α-hetero) is 3. The average Bonchev–Trinajstić information content (AvgIpc) is 1.30. The number of anilines is 11. The minimum Gasteiger partial charge on any atom is -0.492 e. The van der Waals surface area contributed by atoms with Crippen molar-refractivity contribution in [1.82, 2.24) is 84.2 Å². The molecule has 32 heteroatoms. The van der Waals surface area contributed by atoms with E-state index in [1.54, 1.807) is 160 Å². The Hall–Kier alpha value is -13.1. The standard InChI is InChI=1S/C26H29FN8O2.C23H21N9O2.C21H23N7O3/c1-7-19(36)16-13-29-21(32-20-9-8-17(23(27)33-20)26(2,3)4)12-18(16)31-25-22(37-6)15(10-11-28-25)24-30-14-35(5)34-24;1-4-18(33)16-12-26-20(30-19-7-5-6-14(11-24)28-19)10-17(16)29-23-21(34-3)15(8-9-25-23)22-27-13-32(2)31-22;1-4-16(29)14-10-23-17(26-21(30)12-5-6-12)9-15(14)25-20-18(31-3)13(7-8-22-20)19-24-11-28(2)27-19/h8-14H,7H2,1-6H3,(H2,28,29,31,32,33);5-10,12-13H,4H2,1-3H3,(H2,25,26,28,29,30);7-12H,4-6H2,1-3H3,(H2,22,23,25,26,30). The SMILES string of the molecule is CCC(=O)c1cnc(NC(=O)C2CC2)cc1Nc1nccc(-c2ncn(C)n2)c1OC.CCC(=O)c1cnc(Nc2ccc(C(C)(C)C)c(F)n2)cc1Nc1nccc(-c2ncn(C)n2)c1OC.CCC(=O)c1cnc(Nc2cccc(C#N)n2)cc1Nc1nccc(-c2ncn(C)n2)c1OC. The van der Waals surface area contributed by atoms with Gasteiger partial charge in [-0.1, -0.05) is 53.7 Å². The zero-order valence-electron chi connectivity index (χ0n) is 57.9. The van der Waals surface area contributed by atoms with Gasteiger partial charge in [0, 0.05) is 107 Å². The van der Waals surface area contributed by atoms with E-state index in [-0.39, 0.29) is 52.5 Å². The number of methoxy groups -OCH3 is 3. The van der Waals surface area contributed by atoms with Gasteiger partial charge in [-0.05, 0) is 54.7 Å². The van der Waals surface area contributed by atoms with E-state index in [1.165, 1.54) is 39.9 Å². The maximum atomic E-state index is 14.6. The van der Waals surface area contributed by atoms with E-state index in [0.717, 1.165) is 12.8 Å². The number of hydrogen-bond donors (Lipinski definition) is 6. The molecule has 0 unspecified atom stereocenters. The van der Waals surface area contributed by atoms with Gasteiger partial charge in [-0.25, -0.2) is 54.8 Å². The lowest BCUT2D eigenvalue weighted by molar-refractivity contribution is -0.117. The third kappa shape index (κ3) is 17.2. The molecule has 1 saturated carbocycles. The summed E-state index contributed by atoms with van der Waals surface area (Å²) in [5.74, 6) is 4.91. The topological polar surface area (TPSA) is 387 Å². The number of nitriles is 1. The molecule has 0 radical (unpaired) electrons. The summed E-state index contributed by atoms with van der Waals surface area (Å²) >= 11 is 0. The lowest BCUT2D eigenvalue weighted by Crippen LogP contribution is -2.15. The number of carbonyl (C=O) groups is 4. The van der Waals surface area contributed by atoms with Gasteiger partial charge in [-0.15, -0.1) is 0 Å². The van der Waals surface area contributed by atoms with E-state index < -0.39 is 5.95 Å². The molecule has 0 saturated heterocycles. The molecule has 0 aromatic carbocycles. The zero-order chi connectivity index (χ0) is 72.8. The van der Waals surface area contributed by atoms with Gasteiger partial charge in [-0.3, -0.25) is 33.2 Å². The third-order valence-corrected chi connectivity index (χ3v) is 15.4. The number of nitrogens with one attached hydrogen (secondary N) is 6. The normalized spacial score (nSPS) is 11.5. The van der Waals surface area contributed by atoms with Crippen molar-refractivity contribution in [1.29, 1.82) is 5.26 Å². The van der Waals surface area contributed by atoms with Crippen LogP contribution in [0.4, 0.5) is 68.0 Å². The number of amides is 1. The van der Waals surface area contributed by atoms with Crippen LogP contribution >= 0.6 is 0 Å². The molecule has 0 aliphatic heterocycles. The van der Waals surface area contributed by atoms with Gasteiger partial charge in [0.1, 0.15) is 59.8 Å². The highest BCUT2D eigenvalue weighted by molar-refractivity contribution is 6.04. The molecule has 1 aliphatic rings. The van der Waals surface area contributed by atoms with E-state index >= 15 is 0 Å². The molecule has 1 amide bonds. The van der Waals surface area contributed by atoms with Crippen molar-refractivity contribution in [3.05, 3.63) is 157 Å². The fourth-order valence-electron chi connectivity index (χ4n) is 10.1. The molecule has 1 aliphatic carbocycles. The molecule has 0 atom stereocenters. The van der Waals surface area contributed by atoms with Crippen LogP contribution in [0.15, 0.2) is 123 Å². The molecule has 102 heavy (non-hydrogen) atoms. The molecule has 1 fully saturated rings. The highest BCUT2D eigenvalue weighted by atomic mass is 19.1. The summed E-state index contributed by atoms with van der Waals surface area (Å²) in [5, 5.41) is 40.5. The monoisotopic (exact) mass is 1380 g/mol. The predicted octanol–water partition coefficient (Wildman–Crippen LogP) is 11.8. The smallest absolute Gasteiger partial charge is 0.228 e. The third-order valence-electron chi connectivity index (χ3n) is 15.4. The molecule has 12 rings (SSSR count). The van der Waals surface area contributed by atoms with Crippen LogP contribution in [0.1, 0.15) is 116 Å². The number of rotatable bonds is 24. The van der Waals surface area contributed by atoms with Crippen LogP contribution in [0.3, 0.4) is 0 Å². The molecule has 31 nitrogen and oxygen atoms in total. The number of carbonyl (C=O) groups excluding carboxylic acids is 4. The van der Waals surface area contributed by atoms with Gasteiger partial charge >= 0.3 is 0 Å². The minimum atomic E-state index is -0.553. The number of pyridine rings is 8. The maximum absolute atomic E-state index is 14.6. The fraction of sp³-hybridized carbons (Fsp3) is 0.271. The first-order valence-corrected chi connectivity index (χ1v) is 32.1. The summed E-state index contributed by atoms with van der Waals surface area (Å²) in [7, 11) is 9.91. The van der Waals surface area contributed by atoms with Crippen LogP contribution in [0.25, 0.3) is 34.2 Å². The molecule has 6 N–H and O–H groups in total. The molecular weight excluding hydrogens is 1310 g/mol. The van der Waals surface area contributed by atoms with E-state index in [4.69, 9.17) is 19.5 Å². The summed E-state index contributed by atoms with van der Waals surface area (Å²) in [6, 6.07) is 20.6. The summed E-state index contributed by atoms with van der Waals surface area (Å²) in [6.07, 6.45) is 16.7. The number of ketones is 3. The number of ether oxygens (including phenoxy) is 3. The second-order valence-electron chi connectivity index (χ2n) is 23.8. The molecule has 11 aromatic rings. The van der Waals surface area contributed by atoms with Crippen LogP contribution in [0.2, 0.25) is 0 Å². The van der Waals surface area contributed by atoms with Crippen LogP contribution < -0.4 is 46.1 Å². The Labute approximate surface area is 585 Å². The predicted molar refractivity (Wildman–Crippen MR) is 379 cm³/mol. The average molecular weight is 1380 g/mol. The van der Waals surface area contributed by atoms with Crippen LogP contribution in [-0.4, -0.2) is 129 Å². The van der Waals surface area contributed by atoms with Crippen LogP contribution in [0.5, 0.6) is 17.2 Å². The Bertz CT molecular complexity index is 4940. The highest BCUT2D eigenvalue weighted by Gasteiger charge is 2.31. The number of aryl methyl sites for hydroxylation is 3. The Balaban J connectivity index is 0.000000165. The summed E-state index contributed by atoms with van der Waals surface area (Å²) in [6.45, 7) is 11.1. The lowest BCUT2D eigenvalue weighted by Gasteiger charge is -2.19. The molecule has 11 aromatic heterocycles. The molecule has 11 heterocycles. The second kappa shape index (κ2) is 32.1. The Kier molecular flexibility index (Phi) is 22.5. The first kappa shape index (κ1) is 71.7. The van der Waals surface area contributed by atoms with E-state index in [2.05, 4.69) is 102 Å². The largest absolute Gasteiger partial charge is 0.492 e. The molecule has 0 bridgehead atoms. The molecule has 522 valence electrons. The van der Waals surface area contributed by atoms with E-state index in [0.29, 0.717) is 144 Å². The van der Waals surface area contributed by atoms with Crippen molar-refractivity contribution in [2.45, 2.75) is 79.1 Å². The number of aromatic nitrogens is 17. The summed E-state index contributed by atoms with van der Waals surface area (Å²) in [5.41, 5.74) is 4.93. The van der Waals surface area contributed by atoms with Crippen LogP contribution in [-0.2, 0) is 31.4 Å². The van der Waals surface area contributed by atoms with Crippen molar-refractivity contribution in [3.8, 4) is 57.5 Å². The number of nitrogens with zero attached hydrogens (tertiary/aromatic N) is 18. The second-order valence-corrected chi connectivity index (χ2v) is 23.8. The van der Waals surface area contributed by atoms with Gasteiger partial charge in [0.25, 0.3) is 0 Å². The first-order valence-electron chi connectivity index (χ1n) is 32.1. The lowest BCUT2D eigenvalue weighted by atomic mass is 9.88. The van der Waals surface area contributed by atoms with Crippen molar-refractivity contribution in [2.75, 3.05) is 53.2 Å². The van der Waals surface area contributed by atoms with E-state index in [9.17, 15) is 23.6 Å². The van der Waals surface area contributed by atoms with Crippen molar-refractivity contribution in [2.24, 2.45) is 27.1 Å². The van der Waals surface area contributed by atoms with Crippen molar-refractivity contribution >= 4 is 86.9 Å². The zero-order valence-corrected chi connectivity index (χ0v) is 57.9. The van der Waals surface area contributed by atoms with Crippen LogP contribution in [0, 0.1) is 23.2 Å². The Morgan fingerprint density at radius 2 is 0.912 bits per heavy atom. The van der Waals surface area contributed by atoms with Gasteiger partial charge in [-0.2, -0.15) is 24.9 Å². The molecular formula is C70H73FN24O7. The number of halogens is 1. The van der Waals surface area contributed by atoms with Gasteiger partial charge < -0.3 is 46.1 Å². The summed E-state index contributed by atoms with van der Waals surface area (Å²) in [4.78, 5) is 97.1. The fourth-order valence-corrected chi connectivity index (χ4v) is 10.1.